The number of benzene rings is 1. The van der Waals surface area contributed by atoms with Crippen LogP contribution in [0.5, 0.6) is 0 Å². The Morgan fingerprint density at radius 3 is 2.59 bits per heavy atom. The highest BCUT2D eigenvalue weighted by Gasteiger charge is 2.30. The van der Waals surface area contributed by atoms with Crippen molar-refractivity contribution in [1.82, 2.24) is 14.7 Å². The Morgan fingerprint density at radius 2 is 1.88 bits per heavy atom. The molecule has 0 bridgehead atoms. The van der Waals surface area contributed by atoms with Crippen molar-refractivity contribution in [2.45, 2.75) is 38.6 Å². The number of hydrogen-bond acceptors (Lipinski definition) is 4. The number of carbonyl (C=O) groups excluding carboxylic acids is 1. The molecule has 1 aromatic carbocycles. The number of hydrogen-bond donors (Lipinski definition) is 0. The fraction of sp³-hybridized carbons (Fsp3) is 0.577. The zero-order chi connectivity index (χ0) is 22.3. The maximum Gasteiger partial charge on any atom is 0.226 e. The van der Waals surface area contributed by atoms with Gasteiger partial charge < -0.3 is 14.2 Å². The smallest absolute Gasteiger partial charge is 0.226 e. The molecule has 2 fully saturated rings. The van der Waals surface area contributed by atoms with Gasteiger partial charge in [0.25, 0.3) is 0 Å². The van der Waals surface area contributed by atoms with Crippen LogP contribution >= 0.6 is 0 Å². The maximum atomic E-state index is 13.1. The predicted octanol–water partition coefficient (Wildman–Crippen LogP) is 4.04. The van der Waals surface area contributed by atoms with Gasteiger partial charge in [0.05, 0.1) is 18.7 Å². The molecule has 0 radical (unpaired) electrons. The molecule has 174 valence electrons. The highest BCUT2D eigenvalue weighted by Crippen LogP contribution is 2.23. The molecule has 3 heterocycles. The molecule has 4 rings (SSSR count). The third-order valence-electron chi connectivity index (χ3n) is 7.06. The highest BCUT2D eigenvalue weighted by molar-refractivity contribution is 5.78. The van der Waals surface area contributed by atoms with Gasteiger partial charge in [0.1, 0.15) is 11.6 Å². The SMILES string of the molecule is CN(CC1CCN(CCc2ccc(F)cc2)CC1)C(=O)[C@@H]1CCCN(Cc2ccco2)C1. The van der Waals surface area contributed by atoms with Crippen molar-refractivity contribution in [3.63, 3.8) is 0 Å². The van der Waals surface area contributed by atoms with Crippen LogP contribution in [0.4, 0.5) is 4.39 Å². The van der Waals surface area contributed by atoms with Crippen LogP contribution in [0.2, 0.25) is 0 Å². The van der Waals surface area contributed by atoms with E-state index in [4.69, 9.17) is 4.42 Å². The molecule has 6 heteroatoms. The Balaban J connectivity index is 1.17. The fourth-order valence-corrected chi connectivity index (χ4v) is 5.14. The van der Waals surface area contributed by atoms with Gasteiger partial charge >= 0.3 is 0 Å². The van der Waals surface area contributed by atoms with Crippen LogP contribution in [0.1, 0.15) is 37.0 Å². The molecule has 0 saturated carbocycles. The largest absolute Gasteiger partial charge is 0.468 e. The van der Waals surface area contributed by atoms with Gasteiger partial charge in [-0.05, 0) is 87.5 Å². The Morgan fingerprint density at radius 1 is 1.09 bits per heavy atom. The minimum atomic E-state index is -0.174. The van der Waals surface area contributed by atoms with Gasteiger partial charge in [-0.25, -0.2) is 4.39 Å². The van der Waals surface area contributed by atoms with Gasteiger partial charge in [-0.1, -0.05) is 12.1 Å². The van der Waals surface area contributed by atoms with Crippen molar-refractivity contribution in [2.75, 3.05) is 46.3 Å². The zero-order valence-corrected chi connectivity index (χ0v) is 19.2. The summed E-state index contributed by atoms with van der Waals surface area (Å²) in [6, 6.07) is 10.8. The second-order valence-electron chi connectivity index (χ2n) is 9.53. The van der Waals surface area contributed by atoms with E-state index in [0.717, 1.165) is 83.7 Å². The van der Waals surface area contributed by atoms with Gasteiger partial charge in [0.2, 0.25) is 5.91 Å². The molecule has 2 aliphatic rings. The Labute approximate surface area is 191 Å². The second-order valence-corrected chi connectivity index (χ2v) is 9.53. The highest BCUT2D eigenvalue weighted by atomic mass is 19.1. The van der Waals surface area contributed by atoms with Crippen LogP contribution in [-0.4, -0.2) is 66.9 Å². The summed E-state index contributed by atoms with van der Waals surface area (Å²) >= 11 is 0. The molecular weight excluding hydrogens is 405 g/mol. The molecule has 1 aromatic heterocycles. The average molecular weight is 442 g/mol. The van der Waals surface area contributed by atoms with Gasteiger partial charge in [0.15, 0.2) is 0 Å². The van der Waals surface area contributed by atoms with Crippen molar-refractivity contribution < 1.29 is 13.6 Å². The first kappa shape index (κ1) is 23.0. The lowest BCUT2D eigenvalue weighted by Crippen LogP contribution is -2.45. The lowest BCUT2D eigenvalue weighted by molar-refractivity contribution is -0.137. The van der Waals surface area contributed by atoms with E-state index in [0.29, 0.717) is 11.8 Å². The Bertz CT molecular complexity index is 831. The number of amides is 1. The Hall–Kier alpha value is -2.18. The monoisotopic (exact) mass is 441 g/mol. The quantitative estimate of drug-likeness (QED) is 0.620. The average Bonchev–Trinajstić information content (AvgIpc) is 3.32. The molecule has 0 spiro atoms. The molecule has 0 N–H and O–H groups in total. The van der Waals surface area contributed by atoms with Crippen LogP contribution in [0.3, 0.4) is 0 Å². The third kappa shape index (κ3) is 6.42. The van der Waals surface area contributed by atoms with Crippen LogP contribution in [0, 0.1) is 17.7 Å². The van der Waals surface area contributed by atoms with E-state index >= 15 is 0 Å². The van der Waals surface area contributed by atoms with E-state index in [-0.39, 0.29) is 11.7 Å². The van der Waals surface area contributed by atoms with Gasteiger partial charge in [-0.3, -0.25) is 9.69 Å². The second kappa shape index (κ2) is 11.1. The molecule has 0 aliphatic carbocycles. The lowest BCUT2D eigenvalue weighted by Gasteiger charge is -2.36. The van der Waals surface area contributed by atoms with Crippen molar-refractivity contribution in [3.05, 3.63) is 59.8 Å². The van der Waals surface area contributed by atoms with Gasteiger partial charge in [-0.15, -0.1) is 0 Å². The first-order valence-electron chi connectivity index (χ1n) is 12.0. The van der Waals surface area contributed by atoms with Crippen molar-refractivity contribution >= 4 is 5.91 Å². The molecule has 2 saturated heterocycles. The van der Waals surface area contributed by atoms with E-state index in [2.05, 4.69) is 9.80 Å². The summed E-state index contributed by atoms with van der Waals surface area (Å²) in [6.07, 6.45) is 6.99. The molecular formula is C26H36FN3O2. The Kier molecular flexibility index (Phi) is 7.98. The standard InChI is InChI=1S/C26H36FN3O2/c1-28(26(31)23-4-2-13-30(19-23)20-25-5-3-17-32-25)18-22-11-15-29(16-12-22)14-10-21-6-8-24(27)9-7-21/h3,5-9,17,22-23H,2,4,10-16,18-20H2,1H3/t23-/m1/s1. The van der Waals surface area contributed by atoms with Crippen LogP contribution in [-0.2, 0) is 17.8 Å². The van der Waals surface area contributed by atoms with Gasteiger partial charge in [-0.2, -0.15) is 0 Å². The number of nitrogens with zero attached hydrogens (tertiary/aromatic N) is 3. The summed E-state index contributed by atoms with van der Waals surface area (Å²) in [5, 5.41) is 0. The van der Waals surface area contributed by atoms with E-state index in [1.54, 1.807) is 6.26 Å². The first-order valence-corrected chi connectivity index (χ1v) is 12.0. The van der Waals surface area contributed by atoms with Crippen molar-refractivity contribution in [2.24, 2.45) is 11.8 Å². The summed E-state index contributed by atoms with van der Waals surface area (Å²) in [6.45, 7) is 6.68. The summed E-state index contributed by atoms with van der Waals surface area (Å²) in [5.74, 6) is 1.77. The third-order valence-corrected chi connectivity index (χ3v) is 7.06. The molecule has 5 nitrogen and oxygen atoms in total. The number of piperidine rings is 2. The maximum absolute atomic E-state index is 13.1. The van der Waals surface area contributed by atoms with Crippen LogP contribution in [0.15, 0.2) is 47.1 Å². The topological polar surface area (TPSA) is 39.9 Å². The molecule has 0 unspecified atom stereocenters. The molecule has 1 atom stereocenters. The van der Waals surface area contributed by atoms with Gasteiger partial charge in [0, 0.05) is 26.7 Å². The van der Waals surface area contributed by atoms with E-state index in [1.807, 2.05) is 36.2 Å². The molecule has 2 aromatic rings. The first-order chi connectivity index (χ1) is 15.6. The van der Waals surface area contributed by atoms with Crippen LogP contribution < -0.4 is 0 Å². The number of carbonyl (C=O) groups is 1. The lowest BCUT2D eigenvalue weighted by atomic mass is 9.93. The summed E-state index contributed by atoms with van der Waals surface area (Å²) in [7, 11) is 1.98. The summed E-state index contributed by atoms with van der Waals surface area (Å²) < 4.78 is 18.5. The van der Waals surface area contributed by atoms with E-state index in [9.17, 15) is 9.18 Å². The predicted molar refractivity (Wildman–Crippen MR) is 124 cm³/mol. The van der Waals surface area contributed by atoms with Crippen molar-refractivity contribution in [1.29, 1.82) is 0 Å². The fourth-order valence-electron chi connectivity index (χ4n) is 5.14. The van der Waals surface area contributed by atoms with E-state index < -0.39 is 0 Å². The minimum Gasteiger partial charge on any atom is -0.468 e. The van der Waals surface area contributed by atoms with E-state index in [1.165, 1.54) is 17.7 Å². The number of halogens is 1. The number of likely N-dealkylation sites (tertiary alicyclic amines) is 2. The molecule has 1 amide bonds. The molecule has 32 heavy (non-hydrogen) atoms. The summed E-state index contributed by atoms with van der Waals surface area (Å²) in [5.41, 5.74) is 1.19. The zero-order valence-electron chi connectivity index (χ0n) is 19.2. The number of furan rings is 1. The number of rotatable bonds is 8. The normalized spacial score (nSPS) is 21.0. The van der Waals surface area contributed by atoms with Crippen molar-refractivity contribution in [3.8, 4) is 0 Å². The summed E-state index contributed by atoms with van der Waals surface area (Å²) in [4.78, 5) is 19.9. The molecule has 2 aliphatic heterocycles. The minimum absolute atomic E-state index is 0.0968. The van der Waals surface area contributed by atoms with Crippen LogP contribution in [0.25, 0.3) is 0 Å².